The van der Waals surface area contributed by atoms with E-state index in [1.807, 2.05) is 36.0 Å². The van der Waals surface area contributed by atoms with Crippen LogP contribution in [-0.4, -0.2) is 24.0 Å². The molecule has 0 amide bonds. The number of anilines is 1. The number of benzene rings is 3. The van der Waals surface area contributed by atoms with Crippen molar-refractivity contribution in [2.45, 2.75) is 89.4 Å². The van der Waals surface area contributed by atoms with E-state index in [-0.39, 0.29) is 21.2 Å². The predicted molar refractivity (Wildman–Crippen MR) is 221 cm³/mol. The molecule has 54 heavy (non-hydrogen) atoms. The lowest BCUT2D eigenvalue weighted by molar-refractivity contribution is -0.384. The first-order chi connectivity index (χ1) is 26.2. The minimum absolute atomic E-state index is 0.133. The Bertz CT molecular complexity index is 2390. The number of nitro benzene ring substituents is 2. The fraction of sp³-hybridized carbons (Fsp3) is 0.364. The van der Waals surface area contributed by atoms with Gasteiger partial charge in [-0.1, -0.05) is 37.5 Å². The minimum atomic E-state index is -0.361. The molecule has 3 N–H and O–H groups in total. The molecule has 0 unspecified atom stereocenters. The van der Waals surface area contributed by atoms with Crippen molar-refractivity contribution in [3.8, 4) is 0 Å². The Morgan fingerprint density at radius 2 is 1.26 bits per heavy atom. The second-order valence-electron chi connectivity index (χ2n) is 15.1. The van der Waals surface area contributed by atoms with Crippen LogP contribution in [0.1, 0.15) is 106 Å². The van der Waals surface area contributed by atoms with E-state index in [2.05, 4.69) is 53.3 Å². The first-order valence-corrected chi connectivity index (χ1v) is 19.4. The van der Waals surface area contributed by atoms with Crippen LogP contribution in [0.15, 0.2) is 85.3 Å². The molecule has 3 aromatic heterocycles. The third-order valence-corrected chi connectivity index (χ3v) is 11.4. The zero-order valence-corrected chi connectivity index (χ0v) is 31.4. The van der Waals surface area contributed by atoms with Crippen LogP contribution in [0.25, 0.3) is 43.9 Å². The minimum Gasteiger partial charge on any atom is -0.399 e. The summed E-state index contributed by atoms with van der Waals surface area (Å²) in [6, 6.07) is 16.4. The average Bonchev–Trinajstić information content (AvgIpc) is 3.88. The lowest BCUT2D eigenvalue weighted by atomic mass is 9.84. The van der Waals surface area contributed by atoms with Crippen LogP contribution in [0.3, 0.4) is 0 Å². The Morgan fingerprint density at radius 3 is 1.91 bits per heavy atom. The number of nitrogen functional groups attached to an aromatic ring is 1. The maximum absolute atomic E-state index is 10.8. The van der Waals surface area contributed by atoms with E-state index in [4.69, 9.17) is 5.73 Å². The molecule has 6 aromatic rings. The van der Waals surface area contributed by atoms with Crippen LogP contribution < -0.4 is 5.73 Å². The standard InChI is InChI=1S/C15H16N2O2.C15H20N2.C14H14N2O2/c1-16-10-14(11-5-3-2-4-6-11)13-8-7-12(17(18)19)9-15(13)16;1-17-10-14(11-5-3-2-4-6-11)13-8-7-12(16)9-15(13)17;17-16(18)11-6-7-12-13(9-15-14(12)8-11)10-4-2-1-3-5-10/h5,7-10H,2-4,6H2,1H3;7-11H,2-6,16H2,1H3;4,6-9,15H,1-3,5H2. The SMILES string of the molecule is Cn1cc(C2=CCCCC2)c2ccc([N+](=O)[O-])cc21.Cn1cc(C2CCCCC2)c2ccc(N)cc21.O=[N+]([O-])c1ccc2c(C3=CCCCC3)c[nH]c2c1. The molecule has 3 aliphatic carbocycles. The molecular weight excluding hydrogens is 677 g/mol. The summed E-state index contributed by atoms with van der Waals surface area (Å²) in [7, 11) is 4.06. The van der Waals surface area contributed by atoms with Gasteiger partial charge in [-0.25, -0.2) is 0 Å². The number of rotatable bonds is 5. The van der Waals surface area contributed by atoms with Crippen LogP contribution in [-0.2, 0) is 14.1 Å². The number of hydrogen-bond donors (Lipinski definition) is 2. The van der Waals surface area contributed by atoms with Crippen molar-refractivity contribution in [2.24, 2.45) is 14.1 Å². The molecule has 0 radical (unpaired) electrons. The molecule has 3 aliphatic rings. The number of aryl methyl sites for hydroxylation is 2. The number of allylic oxidation sites excluding steroid dienone is 4. The van der Waals surface area contributed by atoms with Gasteiger partial charge >= 0.3 is 0 Å². The van der Waals surface area contributed by atoms with E-state index >= 15 is 0 Å². The molecule has 0 saturated heterocycles. The topological polar surface area (TPSA) is 138 Å². The molecule has 10 nitrogen and oxygen atoms in total. The van der Waals surface area contributed by atoms with Gasteiger partial charge in [0.2, 0.25) is 0 Å². The van der Waals surface area contributed by atoms with Gasteiger partial charge < -0.3 is 19.9 Å². The number of aromatic nitrogens is 3. The van der Waals surface area contributed by atoms with Gasteiger partial charge in [0.25, 0.3) is 11.4 Å². The van der Waals surface area contributed by atoms with Gasteiger partial charge in [-0.15, -0.1) is 0 Å². The molecule has 10 heteroatoms. The van der Waals surface area contributed by atoms with E-state index in [1.54, 1.807) is 24.3 Å². The maximum atomic E-state index is 10.8. The van der Waals surface area contributed by atoms with E-state index in [0.29, 0.717) is 0 Å². The smallest absolute Gasteiger partial charge is 0.271 e. The molecule has 280 valence electrons. The van der Waals surface area contributed by atoms with E-state index in [0.717, 1.165) is 59.1 Å². The average molecular weight is 727 g/mol. The van der Waals surface area contributed by atoms with Gasteiger partial charge in [0, 0.05) is 89.9 Å². The fourth-order valence-corrected chi connectivity index (χ4v) is 8.57. The Labute approximate surface area is 315 Å². The molecule has 1 saturated carbocycles. The highest BCUT2D eigenvalue weighted by Gasteiger charge is 2.20. The molecule has 0 atom stereocenters. The first kappa shape index (κ1) is 36.7. The van der Waals surface area contributed by atoms with Gasteiger partial charge in [-0.3, -0.25) is 20.2 Å². The Morgan fingerprint density at radius 1 is 0.667 bits per heavy atom. The molecule has 0 aliphatic heterocycles. The summed E-state index contributed by atoms with van der Waals surface area (Å²) < 4.78 is 4.20. The largest absolute Gasteiger partial charge is 0.399 e. The highest BCUT2D eigenvalue weighted by molar-refractivity contribution is 5.95. The quantitative estimate of drug-likeness (QED) is 0.103. The monoisotopic (exact) mass is 726 g/mol. The number of nitrogens with two attached hydrogens (primary N) is 1. The number of nitrogens with one attached hydrogen (secondary N) is 1. The van der Waals surface area contributed by atoms with Crippen molar-refractivity contribution < 1.29 is 9.85 Å². The lowest BCUT2D eigenvalue weighted by Crippen LogP contribution is -2.03. The Kier molecular flexibility index (Phi) is 11.0. The second kappa shape index (κ2) is 16.2. The summed E-state index contributed by atoms with van der Waals surface area (Å²) in [5, 5.41) is 25.2. The lowest BCUT2D eigenvalue weighted by Gasteiger charge is -2.21. The summed E-state index contributed by atoms with van der Waals surface area (Å²) in [5.41, 5.74) is 16.7. The van der Waals surface area contributed by atoms with Crippen molar-refractivity contribution in [3.05, 3.63) is 122 Å². The highest BCUT2D eigenvalue weighted by atomic mass is 16.6. The van der Waals surface area contributed by atoms with Gasteiger partial charge in [-0.2, -0.15) is 0 Å². The normalized spacial score (nSPS) is 16.3. The molecule has 0 bridgehead atoms. The number of aromatic amines is 1. The Balaban J connectivity index is 0.000000125. The number of fused-ring (bicyclic) bond motifs is 3. The van der Waals surface area contributed by atoms with Crippen molar-refractivity contribution in [2.75, 3.05) is 5.73 Å². The highest BCUT2D eigenvalue weighted by Crippen LogP contribution is 2.38. The van der Waals surface area contributed by atoms with Crippen LogP contribution in [0.2, 0.25) is 0 Å². The van der Waals surface area contributed by atoms with Crippen molar-refractivity contribution >= 4 is 60.9 Å². The third kappa shape index (κ3) is 7.83. The number of hydrogen-bond acceptors (Lipinski definition) is 5. The molecule has 9 rings (SSSR count). The summed E-state index contributed by atoms with van der Waals surface area (Å²) in [6.07, 6.45) is 27.3. The summed E-state index contributed by atoms with van der Waals surface area (Å²) in [4.78, 5) is 24.0. The van der Waals surface area contributed by atoms with Gasteiger partial charge in [0.1, 0.15) is 0 Å². The molecule has 0 spiro atoms. The third-order valence-electron chi connectivity index (χ3n) is 11.4. The van der Waals surface area contributed by atoms with E-state index in [1.165, 1.54) is 96.5 Å². The zero-order chi connectivity index (χ0) is 37.8. The van der Waals surface area contributed by atoms with Crippen molar-refractivity contribution in [3.63, 3.8) is 0 Å². The van der Waals surface area contributed by atoms with Crippen LogP contribution in [0.4, 0.5) is 17.1 Å². The van der Waals surface area contributed by atoms with Crippen LogP contribution in [0, 0.1) is 20.2 Å². The number of non-ortho nitro benzene ring substituents is 2. The number of nitrogens with zero attached hydrogens (tertiary/aromatic N) is 4. The van der Waals surface area contributed by atoms with Gasteiger partial charge in [0.05, 0.1) is 26.4 Å². The number of nitro groups is 2. The van der Waals surface area contributed by atoms with Gasteiger partial charge in [-0.05, 0) is 111 Å². The number of H-pyrrole nitrogens is 1. The van der Waals surface area contributed by atoms with Gasteiger partial charge in [0.15, 0.2) is 0 Å². The summed E-state index contributed by atoms with van der Waals surface area (Å²) >= 11 is 0. The Hall–Kier alpha value is -5.64. The zero-order valence-electron chi connectivity index (χ0n) is 31.4. The molecule has 3 heterocycles. The van der Waals surface area contributed by atoms with Crippen molar-refractivity contribution in [1.29, 1.82) is 0 Å². The molecule has 1 fully saturated rings. The second-order valence-corrected chi connectivity index (χ2v) is 15.1. The maximum Gasteiger partial charge on any atom is 0.271 e. The first-order valence-electron chi connectivity index (χ1n) is 19.4. The fourth-order valence-electron chi connectivity index (χ4n) is 8.57. The van der Waals surface area contributed by atoms with E-state index in [9.17, 15) is 20.2 Å². The summed E-state index contributed by atoms with van der Waals surface area (Å²) in [6.45, 7) is 0. The van der Waals surface area contributed by atoms with E-state index < -0.39 is 0 Å². The van der Waals surface area contributed by atoms with Crippen LogP contribution >= 0.6 is 0 Å². The van der Waals surface area contributed by atoms with Crippen LogP contribution in [0.5, 0.6) is 0 Å². The molecule has 3 aromatic carbocycles. The predicted octanol–water partition coefficient (Wildman–Crippen LogP) is 11.9. The summed E-state index contributed by atoms with van der Waals surface area (Å²) in [5.74, 6) is 0.760. The van der Waals surface area contributed by atoms with Crippen molar-refractivity contribution in [1.82, 2.24) is 14.1 Å². The molecular formula is C44H50N6O4.